The molecule has 2 rings (SSSR count). The highest BCUT2D eigenvalue weighted by Gasteiger charge is 2.17. The van der Waals surface area contributed by atoms with Gasteiger partial charge in [-0.2, -0.15) is 5.10 Å². The van der Waals surface area contributed by atoms with Crippen molar-refractivity contribution in [1.82, 2.24) is 15.1 Å². The van der Waals surface area contributed by atoms with Crippen LogP contribution in [0, 0.1) is 0 Å². The highest BCUT2D eigenvalue weighted by atomic mass is 16.1. The summed E-state index contributed by atoms with van der Waals surface area (Å²) in [6, 6.07) is 11.5. The minimum Gasteiger partial charge on any atom is -0.355 e. The molecule has 0 radical (unpaired) electrons. The molecule has 0 saturated carbocycles. The van der Waals surface area contributed by atoms with E-state index in [2.05, 4.69) is 10.4 Å². The van der Waals surface area contributed by atoms with Crippen molar-refractivity contribution < 1.29 is 4.79 Å². The Morgan fingerprint density at radius 1 is 1.30 bits per heavy atom. The van der Waals surface area contributed by atoms with Crippen LogP contribution in [0.4, 0.5) is 0 Å². The Morgan fingerprint density at radius 2 is 2.10 bits per heavy atom. The molecule has 2 aromatic rings. The molecule has 5 heteroatoms. The Labute approximate surface area is 118 Å². The van der Waals surface area contributed by atoms with Gasteiger partial charge in [-0.1, -0.05) is 30.3 Å². The summed E-state index contributed by atoms with van der Waals surface area (Å²) < 4.78 is 1.85. The van der Waals surface area contributed by atoms with Gasteiger partial charge in [0.15, 0.2) is 0 Å². The van der Waals surface area contributed by atoms with Crippen molar-refractivity contribution >= 4 is 5.91 Å². The molecule has 0 aliphatic heterocycles. The number of aromatic nitrogens is 2. The molecule has 5 nitrogen and oxygen atoms in total. The summed E-state index contributed by atoms with van der Waals surface area (Å²) in [5, 5.41) is 7.05. The van der Waals surface area contributed by atoms with E-state index in [0.717, 1.165) is 18.5 Å². The standard InChI is InChI=1S/C15H20N4O/c16-12-14(13-6-2-1-3-7-13)15(20)17-8-4-10-19-11-5-9-18-19/h1-3,5-7,9,11,14H,4,8,10,12,16H2,(H,17,20). The number of carbonyl (C=O) groups is 1. The molecule has 106 valence electrons. The van der Waals surface area contributed by atoms with Crippen molar-refractivity contribution in [1.29, 1.82) is 0 Å². The van der Waals surface area contributed by atoms with E-state index in [9.17, 15) is 4.79 Å². The topological polar surface area (TPSA) is 72.9 Å². The van der Waals surface area contributed by atoms with Gasteiger partial charge in [0, 0.05) is 32.0 Å². The predicted octanol–water partition coefficient (Wildman–Crippen LogP) is 1.13. The Hall–Kier alpha value is -2.14. The Morgan fingerprint density at radius 3 is 2.75 bits per heavy atom. The molecule has 3 N–H and O–H groups in total. The fourth-order valence-corrected chi connectivity index (χ4v) is 2.09. The molecule has 0 aliphatic carbocycles. The van der Waals surface area contributed by atoms with Crippen LogP contribution in [0.3, 0.4) is 0 Å². The van der Waals surface area contributed by atoms with Gasteiger partial charge in [0.2, 0.25) is 5.91 Å². The maximum atomic E-state index is 12.1. The van der Waals surface area contributed by atoms with Gasteiger partial charge in [0.25, 0.3) is 0 Å². The molecule has 1 aromatic heterocycles. The first-order valence-corrected chi connectivity index (χ1v) is 6.81. The number of nitrogens with zero attached hydrogens (tertiary/aromatic N) is 2. The normalized spacial score (nSPS) is 12.1. The number of benzene rings is 1. The van der Waals surface area contributed by atoms with E-state index in [1.165, 1.54) is 0 Å². The summed E-state index contributed by atoms with van der Waals surface area (Å²) in [5.74, 6) is -0.292. The zero-order chi connectivity index (χ0) is 14.2. The quantitative estimate of drug-likeness (QED) is 0.742. The lowest BCUT2D eigenvalue weighted by molar-refractivity contribution is -0.122. The van der Waals surface area contributed by atoms with Gasteiger partial charge in [-0.15, -0.1) is 0 Å². The average molecular weight is 272 g/mol. The van der Waals surface area contributed by atoms with Crippen molar-refractivity contribution in [2.24, 2.45) is 5.73 Å². The summed E-state index contributed by atoms with van der Waals surface area (Å²) in [7, 11) is 0. The maximum Gasteiger partial charge on any atom is 0.228 e. The lowest BCUT2D eigenvalue weighted by Crippen LogP contribution is -2.34. The SMILES string of the molecule is NCC(C(=O)NCCCn1cccn1)c1ccccc1. The lowest BCUT2D eigenvalue weighted by atomic mass is 9.98. The summed E-state index contributed by atoms with van der Waals surface area (Å²) in [5.41, 5.74) is 6.67. The van der Waals surface area contributed by atoms with Crippen molar-refractivity contribution in [3.8, 4) is 0 Å². The van der Waals surface area contributed by atoms with E-state index in [1.807, 2.05) is 47.3 Å². The van der Waals surface area contributed by atoms with Crippen LogP contribution in [0.15, 0.2) is 48.8 Å². The molecule has 20 heavy (non-hydrogen) atoms. The van der Waals surface area contributed by atoms with Crippen LogP contribution in [0.25, 0.3) is 0 Å². The molecule has 0 spiro atoms. The third-order valence-electron chi connectivity index (χ3n) is 3.18. The molecular weight excluding hydrogens is 252 g/mol. The number of nitrogens with two attached hydrogens (primary N) is 1. The largest absolute Gasteiger partial charge is 0.355 e. The Bertz CT molecular complexity index is 510. The van der Waals surface area contributed by atoms with Gasteiger partial charge < -0.3 is 11.1 Å². The van der Waals surface area contributed by atoms with Crippen LogP contribution in [0.5, 0.6) is 0 Å². The first-order valence-electron chi connectivity index (χ1n) is 6.81. The molecule has 0 aliphatic rings. The second-order valence-corrected chi connectivity index (χ2v) is 4.61. The van der Waals surface area contributed by atoms with E-state index in [1.54, 1.807) is 6.20 Å². The number of hydrogen-bond donors (Lipinski definition) is 2. The number of amides is 1. The molecule has 1 amide bonds. The van der Waals surface area contributed by atoms with E-state index < -0.39 is 0 Å². The monoisotopic (exact) mass is 272 g/mol. The highest BCUT2D eigenvalue weighted by molar-refractivity contribution is 5.83. The third kappa shape index (κ3) is 3.93. The zero-order valence-electron chi connectivity index (χ0n) is 11.4. The first-order chi connectivity index (χ1) is 9.81. The molecule has 1 atom stereocenters. The van der Waals surface area contributed by atoms with E-state index in [-0.39, 0.29) is 11.8 Å². The van der Waals surface area contributed by atoms with Gasteiger partial charge in [-0.05, 0) is 18.1 Å². The summed E-state index contributed by atoms with van der Waals surface area (Å²) in [6.07, 6.45) is 4.51. The van der Waals surface area contributed by atoms with E-state index in [4.69, 9.17) is 5.73 Å². The van der Waals surface area contributed by atoms with Crippen molar-refractivity contribution in [2.45, 2.75) is 18.9 Å². The van der Waals surface area contributed by atoms with Crippen LogP contribution in [-0.4, -0.2) is 28.8 Å². The predicted molar refractivity (Wildman–Crippen MR) is 78.1 cm³/mol. The van der Waals surface area contributed by atoms with Crippen LogP contribution >= 0.6 is 0 Å². The van der Waals surface area contributed by atoms with Crippen molar-refractivity contribution in [3.63, 3.8) is 0 Å². The van der Waals surface area contributed by atoms with Gasteiger partial charge in [0.1, 0.15) is 0 Å². The molecule has 1 aromatic carbocycles. The number of hydrogen-bond acceptors (Lipinski definition) is 3. The molecule has 1 unspecified atom stereocenters. The summed E-state index contributed by atoms with van der Waals surface area (Å²) in [6.45, 7) is 1.74. The molecule has 0 fully saturated rings. The summed E-state index contributed by atoms with van der Waals surface area (Å²) >= 11 is 0. The van der Waals surface area contributed by atoms with Crippen LogP contribution in [-0.2, 0) is 11.3 Å². The third-order valence-corrected chi connectivity index (χ3v) is 3.18. The van der Waals surface area contributed by atoms with Gasteiger partial charge in [0.05, 0.1) is 5.92 Å². The van der Waals surface area contributed by atoms with Crippen LogP contribution in [0.1, 0.15) is 17.9 Å². The second kappa shape index (κ2) is 7.45. The Balaban J connectivity index is 1.78. The fourth-order valence-electron chi connectivity index (χ4n) is 2.09. The number of aryl methyl sites for hydroxylation is 1. The minimum absolute atomic E-state index is 0.0147. The minimum atomic E-state index is -0.277. The van der Waals surface area contributed by atoms with Gasteiger partial charge >= 0.3 is 0 Å². The number of carbonyl (C=O) groups excluding carboxylic acids is 1. The Kier molecular flexibility index (Phi) is 5.32. The summed E-state index contributed by atoms with van der Waals surface area (Å²) in [4.78, 5) is 12.1. The van der Waals surface area contributed by atoms with Crippen molar-refractivity contribution in [2.75, 3.05) is 13.1 Å². The van der Waals surface area contributed by atoms with Crippen LogP contribution < -0.4 is 11.1 Å². The number of rotatable bonds is 7. The molecule has 0 saturated heterocycles. The number of nitrogens with one attached hydrogen (secondary N) is 1. The van der Waals surface area contributed by atoms with Crippen LogP contribution in [0.2, 0.25) is 0 Å². The van der Waals surface area contributed by atoms with E-state index >= 15 is 0 Å². The molecular formula is C15H20N4O. The first kappa shape index (κ1) is 14.3. The maximum absolute atomic E-state index is 12.1. The molecule has 0 bridgehead atoms. The van der Waals surface area contributed by atoms with Gasteiger partial charge in [-0.25, -0.2) is 0 Å². The van der Waals surface area contributed by atoms with Crippen molar-refractivity contribution in [3.05, 3.63) is 54.4 Å². The second-order valence-electron chi connectivity index (χ2n) is 4.61. The zero-order valence-corrected chi connectivity index (χ0v) is 11.4. The lowest BCUT2D eigenvalue weighted by Gasteiger charge is -2.15. The molecule has 1 heterocycles. The van der Waals surface area contributed by atoms with E-state index in [0.29, 0.717) is 13.1 Å². The van der Waals surface area contributed by atoms with Gasteiger partial charge in [-0.3, -0.25) is 9.48 Å². The highest BCUT2D eigenvalue weighted by Crippen LogP contribution is 2.13. The smallest absolute Gasteiger partial charge is 0.228 e. The fraction of sp³-hybridized carbons (Fsp3) is 0.333. The average Bonchev–Trinajstić information content (AvgIpc) is 2.99.